The van der Waals surface area contributed by atoms with Crippen LogP contribution in [0.3, 0.4) is 0 Å². The first-order valence-electron chi connectivity index (χ1n) is 5.71. The molecule has 0 radical (unpaired) electrons. The molecule has 0 bridgehead atoms. The number of rotatable bonds is 4. The van der Waals surface area contributed by atoms with Gasteiger partial charge in [0.05, 0.1) is 6.10 Å². The summed E-state index contributed by atoms with van der Waals surface area (Å²) in [5.41, 5.74) is 0. The molecule has 0 saturated heterocycles. The highest BCUT2D eigenvalue weighted by Crippen LogP contribution is 2.24. The molecule has 0 amide bonds. The zero-order valence-electron chi connectivity index (χ0n) is 9.70. The zero-order valence-corrected chi connectivity index (χ0v) is 9.70. The summed E-state index contributed by atoms with van der Waals surface area (Å²) in [6.07, 6.45) is 2.28. The normalized spacial score (nSPS) is 23.7. The Morgan fingerprint density at radius 1 is 1.38 bits per heavy atom. The fourth-order valence-corrected chi connectivity index (χ4v) is 1.77. The standard InChI is InChI=1S/C11H18N4O/c1-3-9-14-10(12-2)6-11(15-9)13-7-4-8(16)5-7/h6-8,16H,3-5H2,1-2H3,(H2,12,13,14,15). The van der Waals surface area contributed by atoms with Crippen molar-refractivity contribution in [1.82, 2.24) is 9.97 Å². The van der Waals surface area contributed by atoms with Crippen molar-refractivity contribution in [1.29, 1.82) is 0 Å². The summed E-state index contributed by atoms with van der Waals surface area (Å²) in [6, 6.07) is 2.24. The van der Waals surface area contributed by atoms with Gasteiger partial charge < -0.3 is 15.7 Å². The second kappa shape index (κ2) is 4.65. The van der Waals surface area contributed by atoms with E-state index in [-0.39, 0.29) is 6.10 Å². The molecular formula is C11H18N4O. The Balaban J connectivity index is 2.07. The summed E-state index contributed by atoms with van der Waals surface area (Å²) < 4.78 is 0. The van der Waals surface area contributed by atoms with Gasteiger partial charge in [-0.05, 0) is 12.8 Å². The van der Waals surface area contributed by atoms with Gasteiger partial charge in [-0.1, -0.05) is 6.92 Å². The molecule has 0 aliphatic heterocycles. The van der Waals surface area contributed by atoms with Gasteiger partial charge in [0.15, 0.2) is 0 Å². The van der Waals surface area contributed by atoms with Crippen LogP contribution in [0, 0.1) is 0 Å². The Kier molecular flexibility index (Phi) is 3.24. The molecule has 0 unspecified atom stereocenters. The van der Waals surface area contributed by atoms with E-state index in [1.54, 1.807) is 0 Å². The lowest BCUT2D eigenvalue weighted by Gasteiger charge is -2.32. The first kappa shape index (κ1) is 11.1. The Labute approximate surface area is 95.3 Å². The maximum absolute atomic E-state index is 9.21. The van der Waals surface area contributed by atoms with E-state index in [2.05, 4.69) is 20.6 Å². The number of nitrogens with zero attached hydrogens (tertiary/aromatic N) is 2. The number of anilines is 2. The monoisotopic (exact) mass is 222 g/mol. The van der Waals surface area contributed by atoms with E-state index in [4.69, 9.17) is 0 Å². The molecule has 1 aliphatic rings. The third-order valence-corrected chi connectivity index (χ3v) is 2.81. The van der Waals surface area contributed by atoms with Crippen LogP contribution in [0.1, 0.15) is 25.6 Å². The van der Waals surface area contributed by atoms with Gasteiger partial charge in [-0.25, -0.2) is 9.97 Å². The molecule has 0 atom stereocenters. The molecule has 1 fully saturated rings. The molecule has 3 N–H and O–H groups in total. The number of hydrogen-bond acceptors (Lipinski definition) is 5. The molecule has 0 aromatic carbocycles. The molecule has 16 heavy (non-hydrogen) atoms. The van der Waals surface area contributed by atoms with Crippen LogP contribution in [-0.2, 0) is 6.42 Å². The van der Waals surface area contributed by atoms with Crippen LogP contribution in [-0.4, -0.2) is 34.3 Å². The third kappa shape index (κ3) is 2.41. The number of nitrogens with one attached hydrogen (secondary N) is 2. The van der Waals surface area contributed by atoms with Gasteiger partial charge in [0.2, 0.25) is 0 Å². The lowest BCUT2D eigenvalue weighted by atomic mass is 9.89. The van der Waals surface area contributed by atoms with Crippen molar-refractivity contribution in [3.8, 4) is 0 Å². The van der Waals surface area contributed by atoms with E-state index in [0.29, 0.717) is 6.04 Å². The zero-order chi connectivity index (χ0) is 11.5. The number of aryl methyl sites for hydroxylation is 1. The van der Waals surface area contributed by atoms with Crippen LogP contribution in [0.25, 0.3) is 0 Å². The quantitative estimate of drug-likeness (QED) is 0.709. The highest BCUT2D eigenvalue weighted by Gasteiger charge is 2.27. The third-order valence-electron chi connectivity index (χ3n) is 2.81. The summed E-state index contributed by atoms with van der Waals surface area (Å²) in [6.45, 7) is 2.03. The highest BCUT2D eigenvalue weighted by atomic mass is 16.3. The first-order valence-corrected chi connectivity index (χ1v) is 5.71. The summed E-state index contributed by atoms with van der Waals surface area (Å²) in [4.78, 5) is 8.73. The van der Waals surface area contributed by atoms with E-state index in [1.165, 1.54) is 0 Å². The summed E-state index contributed by atoms with van der Waals surface area (Å²) >= 11 is 0. The molecule has 1 aromatic rings. The Morgan fingerprint density at radius 3 is 2.62 bits per heavy atom. The van der Waals surface area contributed by atoms with Gasteiger partial charge in [-0.2, -0.15) is 0 Å². The maximum Gasteiger partial charge on any atom is 0.132 e. The lowest BCUT2D eigenvalue weighted by molar-refractivity contribution is 0.0835. The second-order valence-electron chi connectivity index (χ2n) is 4.12. The van der Waals surface area contributed by atoms with Crippen molar-refractivity contribution in [2.24, 2.45) is 0 Å². The van der Waals surface area contributed by atoms with E-state index in [1.807, 2.05) is 20.0 Å². The van der Waals surface area contributed by atoms with Gasteiger partial charge in [0.1, 0.15) is 17.5 Å². The molecule has 2 rings (SSSR count). The molecule has 5 heteroatoms. The van der Waals surface area contributed by atoms with Crippen LogP contribution in [0.2, 0.25) is 0 Å². The summed E-state index contributed by atoms with van der Waals surface area (Å²) in [5, 5.41) is 15.5. The molecular weight excluding hydrogens is 204 g/mol. The fourth-order valence-electron chi connectivity index (χ4n) is 1.77. The van der Waals surface area contributed by atoms with Crippen molar-refractivity contribution in [3.63, 3.8) is 0 Å². The first-order chi connectivity index (χ1) is 7.71. The fraction of sp³-hybridized carbons (Fsp3) is 0.636. The van der Waals surface area contributed by atoms with E-state index in [9.17, 15) is 5.11 Å². The minimum absolute atomic E-state index is 0.145. The maximum atomic E-state index is 9.21. The predicted octanol–water partition coefficient (Wildman–Crippen LogP) is 1.02. The van der Waals surface area contributed by atoms with Gasteiger partial charge in [-0.3, -0.25) is 0 Å². The number of hydrogen-bond donors (Lipinski definition) is 3. The van der Waals surface area contributed by atoms with E-state index >= 15 is 0 Å². The second-order valence-corrected chi connectivity index (χ2v) is 4.12. The summed E-state index contributed by atoms with van der Waals surface area (Å²) in [7, 11) is 1.85. The molecule has 88 valence electrons. The van der Waals surface area contributed by atoms with Crippen molar-refractivity contribution in [2.75, 3.05) is 17.7 Å². The largest absolute Gasteiger partial charge is 0.393 e. The Bertz CT molecular complexity index is 341. The number of aliphatic hydroxyl groups is 1. The molecule has 1 saturated carbocycles. The Morgan fingerprint density at radius 2 is 2.06 bits per heavy atom. The van der Waals surface area contributed by atoms with Crippen LogP contribution < -0.4 is 10.6 Å². The Hall–Kier alpha value is -1.36. The van der Waals surface area contributed by atoms with Gasteiger partial charge in [0, 0.05) is 25.6 Å². The van der Waals surface area contributed by atoms with Crippen molar-refractivity contribution < 1.29 is 5.11 Å². The minimum atomic E-state index is -0.145. The molecule has 1 aromatic heterocycles. The van der Waals surface area contributed by atoms with Crippen molar-refractivity contribution in [2.45, 2.75) is 38.3 Å². The van der Waals surface area contributed by atoms with Crippen molar-refractivity contribution in [3.05, 3.63) is 11.9 Å². The van der Waals surface area contributed by atoms with Crippen LogP contribution in [0.15, 0.2) is 6.07 Å². The van der Waals surface area contributed by atoms with Gasteiger partial charge >= 0.3 is 0 Å². The average Bonchev–Trinajstić information content (AvgIpc) is 2.26. The number of aliphatic hydroxyl groups excluding tert-OH is 1. The van der Waals surface area contributed by atoms with E-state index in [0.717, 1.165) is 36.7 Å². The average molecular weight is 222 g/mol. The molecule has 5 nitrogen and oxygen atoms in total. The van der Waals surface area contributed by atoms with Crippen molar-refractivity contribution >= 4 is 11.6 Å². The van der Waals surface area contributed by atoms with E-state index < -0.39 is 0 Å². The van der Waals surface area contributed by atoms with Gasteiger partial charge in [-0.15, -0.1) is 0 Å². The molecule has 1 aliphatic carbocycles. The highest BCUT2D eigenvalue weighted by molar-refractivity contribution is 5.48. The predicted molar refractivity (Wildman–Crippen MR) is 63.6 cm³/mol. The molecule has 0 spiro atoms. The molecule has 1 heterocycles. The van der Waals surface area contributed by atoms with Crippen LogP contribution in [0.4, 0.5) is 11.6 Å². The van der Waals surface area contributed by atoms with Gasteiger partial charge in [0.25, 0.3) is 0 Å². The lowest BCUT2D eigenvalue weighted by Crippen LogP contribution is -2.39. The SMILES string of the molecule is CCc1nc(NC)cc(NC2CC(O)C2)n1. The summed E-state index contributed by atoms with van der Waals surface area (Å²) in [5.74, 6) is 2.50. The van der Waals surface area contributed by atoms with Crippen LogP contribution in [0.5, 0.6) is 0 Å². The minimum Gasteiger partial charge on any atom is -0.393 e. The topological polar surface area (TPSA) is 70.1 Å². The van der Waals surface area contributed by atoms with Crippen LogP contribution >= 0.6 is 0 Å². The smallest absolute Gasteiger partial charge is 0.132 e. The number of aromatic nitrogens is 2.